The molecule has 1 aliphatic rings. The van der Waals surface area contributed by atoms with E-state index in [2.05, 4.69) is 21.3 Å². The number of carbonyl (C=O) groups is 3. The third kappa shape index (κ3) is 8.43. The number of rotatable bonds is 10. The van der Waals surface area contributed by atoms with Crippen molar-refractivity contribution in [1.82, 2.24) is 16.0 Å². The van der Waals surface area contributed by atoms with E-state index >= 15 is 0 Å². The molecule has 0 aliphatic carbocycles. The fourth-order valence-corrected chi connectivity index (χ4v) is 5.70. The highest BCUT2D eigenvalue weighted by atomic mass is 19.4. The van der Waals surface area contributed by atoms with Crippen molar-refractivity contribution in [1.29, 1.82) is 0 Å². The summed E-state index contributed by atoms with van der Waals surface area (Å²) in [4.78, 5) is 40.7. The van der Waals surface area contributed by atoms with Crippen LogP contribution >= 0.6 is 0 Å². The number of para-hydroxylation sites is 1. The second-order valence-corrected chi connectivity index (χ2v) is 12.4. The molecule has 0 spiro atoms. The molecule has 5 rings (SSSR count). The number of anilines is 2. The van der Waals surface area contributed by atoms with Crippen molar-refractivity contribution >= 4 is 29.2 Å². The van der Waals surface area contributed by atoms with Crippen LogP contribution in [0.15, 0.2) is 89.5 Å². The normalized spacial score (nSPS) is 15.0. The Morgan fingerprint density at radius 3 is 2.42 bits per heavy atom. The third-order valence-electron chi connectivity index (χ3n) is 8.23. The number of hydrogen-bond donors (Lipinski definition) is 4. The van der Waals surface area contributed by atoms with E-state index in [0.717, 1.165) is 28.8 Å². The average Bonchev–Trinajstić information content (AvgIpc) is 3.54. The van der Waals surface area contributed by atoms with Crippen LogP contribution in [-0.2, 0) is 35.3 Å². The predicted octanol–water partition coefficient (Wildman–Crippen LogP) is 6.64. The van der Waals surface area contributed by atoms with Gasteiger partial charge in [0.25, 0.3) is 0 Å². The summed E-state index contributed by atoms with van der Waals surface area (Å²) in [6.07, 6.45) is -2.61. The fourth-order valence-electron chi connectivity index (χ4n) is 5.70. The first-order valence-corrected chi connectivity index (χ1v) is 15.6. The molecule has 12 heteroatoms. The minimum absolute atomic E-state index is 0.0559. The maximum Gasteiger partial charge on any atom is 0.416 e. The van der Waals surface area contributed by atoms with Gasteiger partial charge in [0.1, 0.15) is 11.8 Å². The number of amides is 4. The monoisotopic (exact) mass is 661 g/mol. The Bertz CT molecular complexity index is 1750. The Hall–Kier alpha value is -5.10. The van der Waals surface area contributed by atoms with Crippen molar-refractivity contribution in [2.75, 3.05) is 17.3 Å². The van der Waals surface area contributed by atoms with Crippen LogP contribution in [0.3, 0.4) is 0 Å². The molecule has 3 aromatic carbocycles. The molecule has 4 N–H and O–H groups in total. The van der Waals surface area contributed by atoms with Gasteiger partial charge in [-0.05, 0) is 79.8 Å². The van der Waals surface area contributed by atoms with Gasteiger partial charge in [0.2, 0.25) is 11.8 Å². The zero-order valence-electron chi connectivity index (χ0n) is 26.9. The highest BCUT2D eigenvalue weighted by molar-refractivity contribution is 6.00. The number of urea groups is 1. The Labute approximate surface area is 276 Å². The van der Waals surface area contributed by atoms with Gasteiger partial charge in [-0.2, -0.15) is 13.2 Å². The molecule has 48 heavy (non-hydrogen) atoms. The van der Waals surface area contributed by atoms with Gasteiger partial charge in [-0.1, -0.05) is 42.5 Å². The number of furan rings is 1. The lowest BCUT2D eigenvalue weighted by Crippen LogP contribution is -2.50. The molecule has 0 unspecified atom stereocenters. The maximum atomic E-state index is 14.1. The van der Waals surface area contributed by atoms with Crippen LogP contribution in [0.4, 0.5) is 29.3 Å². The summed E-state index contributed by atoms with van der Waals surface area (Å²) in [6, 6.07) is 20.4. The lowest BCUT2D eigenvalue weighted by molar-refractivity contribution is -0.137. The van der Waals surface area contributed by atoms with E-state index < -0.39 is 29.2 Å². The Balaban J connectivity index is 1.37. The third-order valence-corrected chi connectivity index (χ3v) is 8.23. The van der Waals surface area contributed by atoms with Crippen LogP contribution in [0, 0.1) is 0 Å². The van der Waals surface area contributed by atoms with Gasteiger partial charge in [-0.3, -0.25) is 9.59 Å². The van der Waals surface area contributed by atoms with Gasteiger partial charge in [0.15, 0.2) is 0 Å². The number of fused-ring (bicyclic) bond motifs is 1. The minimum atomic E-state index is -4.54. The summed E-state index contributed by atoms with van der Waals surface area (Å²) in [5.74, 6) is -0.0557. The number of benzene rings is 3. The molecule has 1 aromatic heterocycles. The number of alkyl halides is 3. The Kier molecular flexibility index (Phi) is 10.2. The summed E-state index contributed by atoms with van der Waals surface area (Å²) in [6.45, 7) is 4.21. The van der Waals surface area contributed by atoms with Crippen LogP contribution in [-0.4, -0.2) is 36.5 Å². The highest BCUT2D eigenvalue weighted by Gasteiger charge is 2.36. The first-order valence-electron chi connectivity index (χ1n) is 15.6. The number of aryl methyl sites for hydroxylation is 1. The summed E-state index contributed by atoms with van der Waals surface area (Å²) in [7, 11) is 1.52. The highest BCUT2D eigenvalue weighted by Crippen LogP contribution is 2.36. The van der Waals surface area contributed by atoms with Crippen molar-refractivity contribution < 1.29 is 32.0 Å². The van der Waals surface area contributed by atoms with E-state index in [1.54, 1.807) is 18.4 Å². The van der Waals surface area contributed by atoms with E-state index in [1.165, 1.54) is 18.0 Å². The molecule has 1 atom stereocenters. The van der Waals surface area contributed by atoms with Crippen LogP contribution in [0.25, 0.3) is 11.1 Å². The lowest BCUT2D eigenvalue weighted by Gasteiger charge is -2.29. The number of carbonyl (C=O) groups excluding carboxylic acids is 3. The van der Waals surface area contributed by atoms with Crippen molar-refractivity contribution in [3.63, 3.8) is 0 Å². The van der Waals surface area contributed by atoms with E-state index in [-0.39, 0.29) is 37.7 Å². The smallest absolute Gasteiger partial charge is 0.416 e. The lowest BCUT2D eigenvalue weighted by atomic mass is 9.99. The zero-order valence-corrected chi connectivity index (χ0v) is 26.9. The largest absolute Gasteiger partial charge is 0.468 e. The molecular weight excluding hydrogens is 623 g/mol. The molecule has 0 radical (unpaired) electrons. The second-order valence-electron chi connectivity index (χ2n) is 12.4. The zero-order chi connectivity index (χ0) is 34.5. The topological polar surface area (TPSA) is 116 Å². The van der Waals surface area contributed by atoms with Crippen LogP contribution in [0.5, 0.6) is 0 Å². The molecule has 252 valence electrons. The van der Waals surface area contributed by atoms with Crippen molar-refractivity contribution in [3.8, 4) is 11.1 Å². The summed E-state index contributed by atoms with van der Waals surface area (Å²) < 4.78 is 46.3. The molecule has 0 bridgehead atoms. The molecule has 0 fully saturated rings. The average molecular weight is 662 g/mol. The molecule has 0 saturated carbocycles. The number of nitrogens with one attached hydrogen (secondary N) is 4. The Morgan fingerprint density at radius 2 is 1.73 bits per heavy atom. The predicted molar refractivity (Wildman–Crippen MR) is 177 cm³/mol. The van der Waals surface area contributed by atoms with Gasteiger partial charge >= 0.3 is 12.2 Å². The van der Waals surface area contributed by atoms with Crippen LogP contribution in [0.2, 0.25) is 0 Å². The molecule has 2 heterocycles. The summed E-state index contributed by atoms with van der Waals surface area (Å²) in [5.41, 5.74) is 2.25. The first-order chi connectivity index (χ1) is 22.8. The van der Waals surface area contributed by atoms with Gasteiger partial charge < -0.3 is 30.6 Å². The molecule has 4 amide bonds. The standard InChI is InChI=1S/C36H38F3N5O4/c1-35(2,41-21-27-7-6-18-48-27)20-32(45)42-30-16-14-25-19-26(36(37,38)39)15-17-31(25)44(33(30)46)22-23-10-12-24(13-11-23)28-8-4-5-9-29(28)43-34(47)40-3/h4-13,15,17-19,30,41H,14,16,20-22H2,1-3H3,(H,42,45)(H2,40,43,47)/t30-/m1/s1. The quantitative estimate of drug-likeness (QED) is 0.152. The van der Waals surface area contributed by atoms with Crippen molar-refractivity contribution in [2.24, 2.45) is 0 Å². The molecule has 9 nitrogen and oxygen atoms in total. The molecule has 0 saturated heterocycles. The summed E-state index contributed by atoms with van der Waals surface area (Å²) in [5, 5.41) is 11.5. The van der Waals surface area contributed by atoms with E-state index in [0.29, 0.717) is 29.2 Å². The van der Waals surface area contributed by atoms with Gasteiger partial charge in [-0.15, -0.1) is 0 Å². The van der Waals surface area contributed by atoms with Gasteiger partial charge in [-0.25, -0.2) is 4.79 Å². The fraction of sp³-hybridized carbons (Fsp3) is 0.306. The van der Waals surface area contributed by atoms with Crippen molar-refractivity contribution in [3.05, 3.63) is 108 Å². The van der Waals surface area contributed by atoms with E-state index in [1.807, 2.05) is 62.4 Å². The van der Waals surface area contributed by atoms with E-state index in [4.69, 9.17) is 4.42 Å². The molecule has 1 aliphatic heterocycles. The Morgan fingerprint density at radius 1 is 0.979 bits per heavy atom. The van der Waals surface area contributed by atoms with Crippen molar-refractivity contribution in [2.45, 2.75) is 64.0 Å². The van der Waals surface area contributed by atoms with Crippen LogP contribution < -0.4 is 26.2 Å². The number of nitrogens with zero attached hydrogens (tertiary/aromatic N) is 1. The second kappa shape index (κ2) is 14.3. The maximum absolute atomic E-state index is 14.1. The SMILES string of the molecule is CNC(=O)Nc1ccccc1-c1ccc(CN2C(=O)[C@H](NC(=O)CC(C)(C)NCc3ccco3)CCc3cc(C(F)(F)F)ccc32)cc1. The van der Waals surface area contributed by atoms with Crippen LogP contribution in [0.1, 0.15) is 49.1 Å². The molecular formula is C36H38F3N5O4. The number of halogens is 3. The number of hydrogen-bond acceptors (Lipinski definition) is 5. The summed E-state index contributed by atoms with van der Waals surface area (Å²) >= 11 is 0. The van der Waals surface area contributed by atoms with E-state index in [9.17, 15) is 27.6 Å². The van der Waals surface area contributed by atoms with Gasteiger partial charge in [0, 0.05) is 30.3 Å². The first kappa shape index (κ1) is 34.2. The minimum Gasteiger partial charge on any atom is -0.468 e. The van der Waals surface area contributed by atoms with Gasteiger partial charge in [0.05, 0.1) is 30.6 Å². The molecule has 4 aromatic rings.